The first-order valence-corrected chi connectivity index (χ1v) is 14.6. The molecule has 2 rings (SSSR count). The minimum Gasteiger partial charge on any atom is -0.309 e. The Labute approximate surface area is 197 Å². The number of hydrogen-bond acceptors (Lipinski definition) is 7. The van der Waals surface area contributed by atoms with E-state index in [1.807, 2.05) is 48.5 Å². The second-order valence-corrected chi connectivity index (χ2v) is 10.9. The molecule has 0 aliphatic heterocycles. The summed E-state index contributed by atoms with van der Waals surface area (Å²) in [5.74, 6) is 0. The molecule has 9 heteroatoms. The van der Waals surface area contributed by atoms with Gasteiger partial charge in [-0.15, -0.1) is 0 Å². The van der Waals surface area contributed by atoms with Gasteiger partial charge in [0.05, 0.1) is 38.8 Å². The van der Waals surface area contributed by atoms with E-state index in [-0.39, 0.29) is 12.3 Å². The van der Waals surface area contributed by atoms with Gasteiger partial charge in [-0.05, 0) is 56.9 Å². The van der Waals surface area contributed by atoms with E-state index >= 15 is 0 Å². The number of hydrogen-bond donors (Lipinski definition) is 0. The second kappa shape index (κ2) is 15.3. The van der Waals surface area contributed by atoms with Gasteiger partial charge in [0.1, 0.15) is 6.29 Å². The Morgan fingerprint density at radius 1 is 0.606 bits per heavy atom. The summed E-state index contributed by atoms with van der Waals surface area (Å²) in [5.41, 5.74) is 3.86. The van der Waals surface area contributed by atoms with E-state index in [2.05, 4.69) is 0 Å². The molecule has 0 aromatic heterocycles. The number of rotatable bonds is 13. The second-order valence-electron chi connectivity index (χ2n) is 6.84. The van der Waals surface area contributed by atoms with Crippen LogP contribution in [0.5, 0.6) is 0 Å². The van der Waals surface area contributed by atoms with Crippen molar-refractivity contribution in [3.63, 3.8) is 0 Å². The minimum absolute atomic E-state index is 0.248. The molecular formula is C24H36O7P2. The normalized spacial score (nSPS) is 11.5. The molecule has 0 aliphatic carbocycles. The maximum Gasteiger partial charge on any atom is 0.335 e. The molecular weight excluding hydrogens is 462 g/mol. The number of carbonyl (C=O) groups is 1. The van der Waals surface area contributed by atoms with Crippen molar-refractivity contribution >= 4 is 21.5 Å². The standard InChI is InChI=1S/C22H32O6P2.C2H4O/c1-5-25-29(23,26-6-2)17-19-9-13-21(14-10-19)22-15-11-20(12-16-22)18-30(24,27-7-3)28-8-4;1-2-3/h9-16H,5-8,17-18H2,1-4H3;2H,1H3. The Balaban J connectivity index is 0.00000172. The predicted molar refractivity (Wildman–Crippen MR) is 133 cm³/mol. The third kappa shape index (κ3) is 10.5. The molecule has 0 spiro atoms. The van der Waals surface area contributed by atoms with Gasteiger partial charge in [0.15, 0.2) is 0 Å². The van der Waals surface area contributed by atoms with Gasteiger partial charge < -0.3 is 22.9 Å². The summed E-state index contributed by atoms with van der Waals surface area (Å²) in [5, 5.41) is 0. The van der Waals surface area contributed by atoms with Crippen LogP contribution in [0.1, 0.15) is 45.7 Å². The molecule has 2 aromatic rings. The summed E-state index contributed by atoms with van der Waals surface area (Å²) >= 11 is 0. The minimum atomic E-state index is -3.12. The molecule has 0 N–H and O–H groups in total. The summed E-state index contributed by atoms with van der Waals surface area (Å²) < 4.78 is 46.9. The van der Waals surface area contributed by atoms with Gasteiger partial charge in [-0.1, -0.05) is 48.5 Å². The largest absolute Gasteiger partial charge is 0.335 e. The lowest BCUT2D eigenvalue weighted by atomic mass is 10.0. The third-order valence-electron chi connectivity index (χ3n) is 4.30. The van der Waals surface area contributed by atoms with Gasteiger partial charge in [0, 0.05) is 0 Å². The van der Waals surface area contributed by atoms with Gasteiger partial charge in [-0.3, -0.25) is 9.13 Å². The highest BCUT2D eigenvalue weighted by Crippen LogP contribution is 2.52. The molecule has 0 saturated heterocycles. The summed E-state index contributed by atoms with van der Waals surface area (Å²) in [6, 6.07) is 15.7. The van der Waals surface area contributed by atoms with Crippen LogP contribution in [-0.2, 0) is 44.3 Å². The van der Waals surface area contributed by atoms with Crippen molar-refractivity contribution in [1.82, 2.24) is 0 Å². The molecule has 2 aromatic carbocycles. The topological polar surface area (TPSA) is 88.1 Å². The lowest BCUT2D eigenvalue weighted by Crippen LogP contribution is -1.99. The maximum absolute atomic E-state index is 12.7. The van der Waals surface area contributed by atoms with E-state index < -0.39 is 15.2 Å². The first-order valence-electron chi connectivity index (χ1n) is 11.1. The number of aldehydes is 1. The highest BCUT2D eigenvalue weighted by atomic mass is 31.2. The molecule has 0 fully saturated rings. The van der Waals surface area contributed by atoms with Gasteiger partial charge >= 0.3 is 15.2 Å². The van der Waals surface area contributed by atoms with Crippen LogP contribution < -0.4 is 0 Å². The van der Waals surface area contributed by atoms with Crippen molar-refractivity contribution in [2.24, 2.45) is 0 Å². The van der Waals surface area contributed by atoms with Crippen LogP contribution in [0, 0.1) is 0 Å². The van der Waals surface area contributed by atoms with E-state index in [0.717, 1.165) is 28.5 Å². The SMILES string of the molecule is CC=O.CCOP(=O)(Cc1ccc(-c2ccc(CP(=O)(OCC)OCC)cc2)cc1)OCC. The molecule has 0 atom stereocenters. The zero-order valence-electron chi connectivity index (χ0n) is 20.2. The van der Waals surface area contributed by atoms with E-state index in [1.54, 1.807) is 27.7 Å². The third-order valence-corrected chi connectivity index (χ3v) is 8.41. The summed E-state index contributed by atoms with van der Waals surface area (Å²) in [7, 11) is -6.23. The highest BCUT2D eigenvalue weighted by Gasteiger charge is 2.25. The predicted octanol–water partition coefficient (Wildman–Crippen LogP) is 7.09. The van der Waals surface area contributed by atoms with Crippen LogP contribution in [-0.4, -0.2) is 32.7 Å². The molecule has 0 amide bonds. The lowest BCUT2D eigenvalue weighted by Gasteiger charge is -2.17. The number of carbonyl (C=O) groups excluding carboxylic acids is 1. The molecule has 0 unspecified atom stereocenters. The van der Waals surface area contributed by atoms with E-state index in [4.69, 9.17) is 22.9 Å². The molecule has 0 bridgehead atoms. The fourth-order valence-electron chi connectivity index (χ4n) is 3.10. The van der Waals surface area contributed by atoms with E-state index in [1.165, 1.54) is 6.92 Å². The molecule has 33 heavy (non-hydrogen) atoms. The van der Waals surface area contributed by atoms with Gasteiger partial charge in [0.25, 0.3) is 0 Å². The van der Waals surface area contributed by atoms with E-state index in [9.17, 15) is 9.13 Å². The summed E-state index contributed by atoms with van der Waals surface area (Å²) in [4.78, 5) is 8.81. The first kappa shape index (κ1) is 29.4. The lowest BCUT2D eigenvalue weighted by molar-refractivity contribution is -0.106. The van der Waals surface area contributed by atoms with Crippen LogP contribution in [0.25, 0.3) is 11.1 Å². The Morgan fingerprint density at radius 3 is 1.06 bits per heavy atom. The van der Waals surface area contributed by atoms with Gasteiger partial charge in [0.2, 0.25) is 0 Å². The fraction of sp³-hybridized carbons (Fsp3) is 0.458. The Bertz CT molecular complexity index is 818. The average molecular weight is 498 g/mol. The highest BCUT2D eigenvalue weighted by molar-refractivity contribution is 7.53. The van der Waals surface area contributed by atoms with Crippen LogP contribution >= 0.6 is 15.2 Å². The van der Waals surface area contributed by atoms with Crippen LogP contribution in [0.3, 0.4) is 0 Å². The molecule has 184 valence electrons. The van der Waals surface area contributed by atoms with Crippen molar-refractivity contribution in [3.05, 3.63) is 59.7 Å². The van der Waals surface area contributed by atoms with Crippen molar-refractivity contribution < 1.29 is 32.0 Å². The van der Waals surface area contributed by atoms with Crippen LogP contribution in [0.4, 0.5) is 0 Å². The van der Waals surface area contributed by atoms with Crippen molar-refractivity contribution in [1.29, 1.82) is 0 Å². The Kier molecular flexibility index (Phi) is 13.7. The van der Waals surface area contributed by atoms with Gasteiger partial charge in [-0.2, -0.15) is 0 Å². The molecule has 7 nitrogen and oxygen atoms in total. The average Bonchev–Trinajstić information content (AvgIpc) is 2.76. The zero-order chi connectivity index (χ0) is 24.7. The summed E-state index contributed by atoms with van der Waals surface area (Å²) in [6.07, 6.45) is 1.25. The smallest absolute Gasteiger partial charge is 0.309 e. The monoisotopic (exact) mass is 498 g/mol. The van der Waals surface area contributed by atoms with Crippen LogP contribution in [0.15, 0.2) is 48.5 Å². The zero-order valence-corrected chi connectivity index (χ0v) is 22.0. The molecule has 0 aliphatic rings. The quantitative estimate of drug-likeness (QED) is 0.215. The van der Waals surface area contributed by atoms with Crippen molar-refractivity contribution in [2.45, 2.75) is 46.9 Å². The fourth-order valence-corrected chi connectivity index (χ4v) is 6.50. The summed E-state index contributed by atoms with van der Waals surface area (Å²) in [6.45, 7) is 10.1. The maximum atomic E-state index is 12.7. The van der Waals surface area contributed by atoms with E-state index in [0.29, 0.717) is 26.4 Å². The number of benzene rings is 2. The molecule has 0 heterocycles. The van der Waals surface area contributed by atoms with Crippen molar-refractivity contribution in [3.8, 4) is 11.1 Å². The Hall–Kier alpha value is -1.59. The molecule has 0 radical (unpaired) electrons. The first-order chi connectivity index (χ1) is 15.8. The van der Waals surface area contributed by atoms with Crippen LogP contribution in [0.2, 0.25) is 0 Å². The van der Waals surface area contributed by atoms with Gasteiger partial charge in [-0.25, -0.2) is 0 Å². The Morgan fingerprint density at radius 2 is 0.848 bits per heavy atom. The molecule has 0 saturated carbocycles. The van der Waals surface area contributed by atoms with Crippen molar-refractivity contribution in [2.75, 3.05) is 26.4 Å².